The molecule has 0 fully saturated rings. The summed E-state index contributed by atoms with van der Waals surface area (Å²) in [5.41, 5.74) is 7.34. The Kier molecular flexibility index (Phi) is 3.08. The molecular weight excluding hydrogens is 206 g/mol. The van der Waals surface area contributed by atoms with Crippen LogP contribution in [0.5, 0.6) is 0 Å². The first-order chi connectivity index (χ1) is 7.29. The number of thiophene rings is 1. The quantitative estimate of drug-likeness (QED) is 0.859. The normalized spacial score (nSPS) is 10.5. The van der Waals surface area contributed by atoms with Crippen molar-refractivity contribution in [3.63, 3.8) is 0 Å². The largest absolute Gasteiger partial charge is 0.330 e. The minimum absolute atomic E-state index is 0.617. The number of aromatic nitrogens is 2. The maximum Gasteiger partial charge on any atom is 0.0985 e. The molecule has 0 bridgehead atoms. The molecule has 0 saturated heterocycles. The van der Waals surface area contributed by atoms with Crippen molar-refractivity contribution in [3.8, 4) is 10.6 Å². The summed E-state index contributed by atoms with van der Waals surface area (Å²) in [6, 6.07) is 4.17. The van der Waals surface area contributed by atoms with E-state index in [0.717, 1.165) is 17.8 Å². The summed E-state index contributed by atoms with van der Waals surface area (Å²) in [4.78, 5) is 11.1. The molecule has 0 aliphatic heterocycles. The van der Waals surface area contributed by atoms with Crippen molar-refractivity contribution in [3.05, 3.63) is 35.1 Å². The highest BCUT2D eigenvalue weighted by Crippen LogP contribution is 2.25. The monoisotopic (exact) mass is 219 g/mol. The first kappa shape index (κ1) is 10.3. The van der Waals surface area contributed by atoms with Crippen molar-refractivity contribution in [2.24, 2.45) is 5.73 Å². The van der Waals surface area contributed by atoms with E-state index in [9.17, 15) is 0 Å². The van der Waals surface area contributed by atoms with Crippen LogP contribution in [-0.2, 0) is 6.42 Å². The fraction of sp³-hybridized carbons (Fsp3) is 0.273. The van der Waals surface area contributed by atoms with E-state index in [4.69, 9.17) is 5.73 Å². The molecule has 0 unspecified atom stereocenters. The van der Waals surface area contributed by atoms with Gasteiger partial charge in [-0.05, 0) is 25.6 Å². The minimum Gasteiger partial charge on any atom is -0.330 e. The number of nitrogens with two attached hydrogens (primary N) is 1. The molecule has 2 aromatic rings. The summed E-state index contributed by atoms with van der Waals surface area (Å²) in [5.74, 6) is 0. The number of aryl methyl sites for hydroxylation is 1. The molecule has 0 atom stereocenters. The van der Waals surface area contributed by atoms with Crippen molar-refractivity contribution < 1.29 is 0 Å². The molecule has 2 N–H and O–H groups in total. The third kappa shape index (κ3) is 2.40. The molecule has 0 amide bonds. The molecule has 3 nitrogen and oxygen atoms in total. The Balaban J connectivity index is 2.23. The minimum atomic E-state index is 0.617. The van der Waals surface area contributed by atoms with Gasteiger partial charge in [0.1, 0.15) is 0 Å². The van der Waals surface area contributed by atoms with Crippen LogP contribution < -0.4 is 5.73 Å². The topological polar surface area (TPSA) is 51.8 Å². The molecule has 2 heterocycles. The van der Waals surface area contributed by atoms with Crippen molar-refractivity contribution >= 4 is 11.3 Å². The Morgan fingerprint density at radius 3 is 2.67 bits per heavy atom. The van der Waals surface area contributed by atoms with Crippen LogP contribution in [0.25, 0.3) is 10.6 Å². The van der Waals surface area contributed by atoms with Crippen LogP contribution in [0.1, 0.15) is 10.6 Å². The zero-order valence-electron chi connectivity index (χ0n) is 8.60. The molecule has 0 aromatic carbocycles. The predicted molar refractivity (Wildman–Crippen MR) is 62.8 cm³/mol. The van der Waals surface area contributed by atoms with Crippen molar-refractivity contribution in [1.82, 2.24) is 9.97 Å². The number of nitrogens with zero attached hydrogens (tertiary/aromatic N) is 2. The molecule has 2 rings (SSSR count). The molecule has 0 aliphatic carbocycles. The van der Waals surface area contributed by atoms with E-state index in [0.29, 0.717) is 6.54 Å². The SMILES string of the molecule is Cc1ccc(-c2cnc(CCN)cn2)s1. The first-order valence-electron chi connectivity index (χ1n) is 4.87. The number of rotatable bonds is 3. The zero-order chi connectivity index (χ0) is 10.7. The van der Waals surface area contributed by atoms with Crippen LogP contribution in [0.4, 0.5) is 0 Å². The molecular formula is C11H13N3S. The summed E-state index contributed by atoms with van der Waals surface area (Å²) >= 11 is 1.73. The Bertz CT molecular complexity index is 433. The van der Waals surface area contributed by atoms with Crippen LogP contribution in [0.3, 0.4) is 0 Å². The van der Waals surface area contributed by atoms with Gasteiger partial charge < -0.3 is 5.73 Å². The van der Waals surface area contributed by atoms with Crippen LogP contribution in [-0.4, -0.2) is 16.5 Å². The van der Waals surface area contributed by atoms with Gasteiger partial charge in [0.05, 0.1) is 22.5 Å². The van der Waals surface area contributed by atoms with Gasteiger partial charge in [0.25, 0.3) is 0 Å². The molecule has 78 valence electrons. The summed E-state index contributed by atoms with van der Waals surface area (Å²) in [6.07, 6.45) is 4.41. The standard InChI is InChI=1S/C11H13N3S/c1-8-2-3-11(15-8)10-7-13-9(4-5-12)6-14-10/h2-3,6-7H,4-5,12H2,1H3. The Morgan fingerprint density at radius 1 is 1.27 bits per heavy atom. The van der Waals surface area contributed by atoms with Gasteiger partial charge in [-0.25, -0.2) is 0 Å². The second-order valence-electron chi connectivity index (χ2n) is 3.34. The van der Waals surface area contributed by atoms with E-state index in [-0.39, 0.29) is 0 Å². The van der Waals surface area contributed by atoms with E-state index in [1.807, 2.05) is 6.20 Å². The van der Waals surface area contributed by atoms with E-state index in [1.165, 1.54) is 9.75 Å². The molecule has 0 spiro atoms. The highest BCUT2D eigenvalue weighted by Gasteiger charge is 2.02. The van der Waals surface area contributed by atoms with Gasteiger partial charge >= 0.3 is 0 Å². The van der Waals surface area contributed by atoms with Crippen molar-refractivity contribution in [2.75, 3.05) is 6.54 Å². The Labute approximate surface area is 93.0 Å². The summed E-state index contributed by atoms with van der Waals surface area (Å²) in [5, 5.41) is 0. The van der Waals surface area contributed by atoms with Gasteiger partial charge in [-0.1, -0.05) is 0 Å². The Morgan fingerprint density at radius 2 is 2.13 bits per heavy atom. The maximum atomic E-state index is 5.45. The van der Waals surface area contributed by atoms with E-state index < -0.39 is 0 Å². The molecule has 15 heavy (non-hydrogen) atoms. The van der Waals surface area contributed by atoms with Gasteiger partial charge in [-0.3, -0.25) is 9.97 Å². The molecule has 0 radical (unpaired) electrons. The van der Waals surface area contributed by atoms with E-state index in [2.05, 4.69) is 29.0 Å². The highest BCUT2D eigenvalue weighted by molar-refractivity contribution is 7.15. The van der Waals surface area contributed by atoms with Gasteiger partial charge in [0, 0.05) is 17.5 Å². The summed E-state index contributed by atoms with van der Waals surface area (Å²) < 4.78 is 0. The van der Waals surface area contributed by atoms with Crippen LogP contribution >= 0.6 is 11.3 Å². The molecule has 0 saturated carbocycles. The predicted octanol–water partition coefficient (Wildman–Crippen LogP) is 2.01. The first-order valence-corrected chi connectivity index (χ1v) is 5.69. The van der Waals surface area contributed by atoms with E-state index >= 15 is 0 Å². The highest BCUT2D eigenvalue weighted by atomic mass is 32.1. The lowest BCUT2D eigenvalue weighted by atomic mass is 10.3. The van der Waals surface area contributed by atoms with Gasteiger partial charge in [-0.2, -0.15) is 0 Å². The van der Waals surface area contributed by atoms with Crippen LogP contribution in [0.2, 0.25) is 0 Å². The Hall–Kier alpha value is -1.26. The van der Waals surface area contributed by atoms with Crippen LogP contribution in [0.15, 0.2) is 24.5 Å². The zero-order valence-corrected chi connectivity index (χ0v) is 9.42. The average Bonchev–Trinajstić information content (AvgIpc) is 2.67. The van der Waals surface area contributed by atoms with Crippen molar-refractivity contribution in [1.29, 1.82) is 0 Å². The number of hydrogen-bond donors (Lipinski definition) is 1. The fourth-order valence-electron chi connectivity index (χ4n) is 1.33. The van der Waals surface area contributed by atoms with Gasteiger partial charge in [0.15, 0.2) is 0 Å². The lowest BCUT2D eigenvalue weighted by molar-refractivity contribution is 0.910. The lowest BCUT2D eigenvalue weighted by Gasteiger charge is -1.98. The average molecular weight is 219 g/mol. The lowest BCUT2D eigenvalue weighted by Crippen LogP contribution is -2.04. The molecule has 2 aromatic heterocycles. The van der Waals surface area contributed by atoms with Crippen LogP contribution in [0, 0.1) is 6.92 Å². The second-order valence-corrected chi connectivity index (χ2v) is 4.63. The van der Waals surface area contributed by atoms with Gasteiger partial charge in [-0.15, -0.1) is 11.3 Å². The third-order valence-electron chi connectivity index (χ3n) is 2.10. The van der Waals surface area contributed by atoms with E-state index in [1.54, 1.807) is 17.5 Å². The van der Waals surface area contributed by atoms with Crippen molar-refractivity contribution in [2.45, 2.75) is 13.3 Å². The summed E-state index contributed by atoms with van der Waals surface area (Å²) in [6.45, 7) is 2.70. The molecule has 4 heteroatoms. The van der Waals surface area contributed by atoms with Gasteiger partial charge in [0.2, 0.25) is 0 Å². The summed E-state index contributed by atoms with van der Waals surface area (Å²) in [7, 11) is 0. The molecule has 0 aliphatic rings. The fourth-order valence-corrected chi connectivity index (χ4v) is 2.16. The second kappa shape index (κ2) is 4.51. The smallest absolute Gasteiger partial charge is 0.0985 e. The maximum absolute atomic E-state index is 5.45. The number of hydrogen-bond acceptors (Lipinski definition) is 4. The third-order valence-corrected chi connectivity index (χ3v) is 3.12.